The Morgan fingerprint density at radius 1 is 1.43 bits per heavy atom. The van der Waals surface area contributed by atoms with E-state index in [0.717, 1.165) is 4.88 Å². The molecule has 0 spiro atoms. The lowest BCUT2D eigenvalue weighted by Gasteiger charge is -2.13. The molecule has 1 atom stereocenters. The molecular weight excluding hydrogens is 331 g/mol. The second-order valence-corrected chi connectivity index (χ2v) is 5.71. The molecule has 0 aliphatic rings. The lowest BCUT2D eigenvalue weighted by molar-refractivity contribution is -0.184. The average Bonchev–Trinajstić information content (AvgIpc) is 2.85. The van der Waals surface area contributed by atoms with Gasteiger partial charge >= 0.3 is 6.18 Å². The van der Waals surface area contributed by atoms with Gasteiger partial charge in [0.2, 0.25) is 0 Å². The van der Waals surface area contributed by atoms with Crippen molar-refractivity contribution >= 4 is 22.4 Å². The molecule has 0 aromatic carbocycles. The van der Waals surface area contributed by atoms with Crippen molar-refractivity contribution in [2.45, 2.75) is 26.1 Å². The first kappa shape index (κ1) is 17.4. The molecule has 9 heteroatoms. The van der Waals surface area contributed by atoms with Gasteiger partial charge in [0, 0.05) is 6.20 Å². The van der Waals surface area contributed by atoms with E-state index < -0.39 is 24.8 Å². The zero-order valence-electron chi connectivity index (χ0n) is 12.3. The largest absolute Gasteiger partial charge is 0.411 e. The van der Waals surface area contributed by atoms with Crippen molar-refractivity contribution in [3.8, 4) is 10.6 Å². The summed E-state index contributed by atoms with van der Waals surface area (Å²) in [5, 5.41) is 2.74. The van der Waals surface area contributed by atoms with Crippen molar-refractivity contribution in [3.05, 3.63) is 30.1 Å². The van der Waals surface area contributed by atoms with Crippen LogP contribution >= 0.6 is 11.3 Å². The molecule has 1 unspecified atom stereocenters. The molecule has 0 aliphatic carbocycles. The van der Waals surface area contributed by atoms with Gasteiger partial charge in [-0.2, -0.15) is 13.2 Å². The van der Waals surface area contributed by atoms with Crippen LogP contribution < -0.4 is 5.32 Å². The Kier molecular flexibility index (Phi) is 5.32. The van der Waals surface area contributed by atoms with E-state index in [1.54, 1.807) is 25.3 Å². The van der Waals surface area contributed by atoms with Crippen LogP contribution in [0.3, 0.4) is 0 Å². The number of carbonyl (C=O) groups excluding carboxylic acids is 1. The van der Waals surface area contributed by atoms with Crippen molar-refractivity contribution in [2.24, 2.45) is 0 Å². The van der Waals surface area contributed by atoms with Crippen molar-refractivity contribution in [3.63, 3.8) is 0 Å². The van der Waals surface area contributed by atoms with Crippen LogP contribution in [-0.2, 0) is 9.53 Å². The third-order valence-corrected chi connectivity index (χ3v) is 3.89. The number of aromatic nitrogens is 2. The summed E-state index contributed by atoms with van der Waals surface area (Å²) in [6, 6.07) is 5.41. The number of halogens is 3. The minimum Gasteiger partial charge on any atom is -0.359 e. The van der Waals surface area contributed by atoms with E-state index in [1.807, 2.05) is 6.07 Å². The van der Waals surface area contributed by atoms with Gasteiger partial charge in [0.1, 0.15) is 12.7 Å². The summed E-state index contributed by atoms with van der Waals surface area (Å²) in [6.07, 6.45) is -4.07. The normalized spacial score (nSPS) is 12.9. The standard InChI is InChI=1S/C14H14F3N3O2S/c1-8-11(10-5-3-4-6-18-10)23-13(19-8)20-12(21)9(2)22-7-14(15,16)17/h3-6,9H,7H2,1-2H3,(H,19,20,21). The van der Waals surface area contributed by atoms with Crippen LogP contribution in [0.25, 0.3) is 10.6 Å². The number of alkyl halides is 3. The smallest absolute Gasteiger partial charge is 0.359 e. The molecule has 1 N–H and O–H groups in total. The SMILES string of the molecule is Cc1nc(NC(=O)C(C)OCC(F)(F)F)sc1-c1ccccn1. The summed E-state index contributed by atoms with van der Waals surface area (Å²) in [5.41, 5.74) is 1.39. The van der Waals surface area contributed by atoms with Gasteiger partial charge in [0.05, 0.1) is 16.3 Å². The van der Waals surface area contributed by atoms with Crippen molar-refractivity contribution in [1.82, 2.24) is 9.97 Å². The molecule has 1 amide bonds. The number of hydrogen-bond donors (Lipinski definition) is 1. The number of hydrogen-bond acceptors (Lipinski definition) is 5. The zero-order valence-corrected chi connectivity index (χ0v) is 13.2. The highest BCUT2D eigenvalue weighted by Crippen LogP contribution is 2.31. The topological polar surface area (TPSA) is 64.1 Å². The van der Waals surface area contributed by atoms with E-state index in [-0.39, 0.29) is 5.13 Å². The van der Waals surface area contributed by atoms with Gasteiger partial charge in [0.25, 0.3) is 5.91 Å². The highest BCUT2D eigenvalue weighted by atomic mass is 32.1. The number of ether oxygens (including phenoxy) is 1. The van der Waals surface area contributed by atoms with Crippen LogP contribution in [0.15, 0.2) is 24.4 Å². The molecule has 0 aliphatic heterocycles. The number of rotatable bonds is 5. The Balaban J connectivity index is 2.02. The number of carbonyl (C=O) groups is 1. The molecule has 0 saturated heterocycles. The summed E-state index contributed by atoms with van der Waals surface area (Å²) in [7, 11) is 0. The number of nitrogens with zero attached hydrogens (tertiary/aromatic N) is 2. The number of pyridine rings is 1. The van der Waals surface area contributed by atoms with Gasteiger partial charge in [-0.25, -0.2) is 4.98 Å². The lowest BCUT2D eigenvalue weighted by Crippen LogP contribution is -2.31. The van der Waals surface area contributed by atoms with Crippen LogP contribution in [0.5, 0.6) is 0 Å². The molecule has 0 radical (unpaired) electrons. The fourth-order valence-corrected chi connectivity index (χ4v) is 2.63. The second-order valence-electron chi connectivity index (χ2n) is 4.71. The number of amides is 1. The molecule has 5 nitrogen and oxygen atoms in total. The molecule has 0 saturated carbocycles. The Hall–Kier alpha value is -2.00. The van der Waals surface area contributed by atoms with Gasteiger partial charge in [-0.15, -0.1) is 0 Å². The van der Waals surface area contributed by atoms with Crippen LogP contribution in [0.2, 0.25) is 0 Å². The van der Waals surface area contributed by atoms with E-state index in [1.165, 1.54) is 18.3 Å². The van der Waals surface area contributed by atoms with E-state index in [2.05, 4.69) is 20.0 Å². The van der Waals surface area contributed by atoms with Crippen LogP contribution in [-0.4, -0.2) is 34.8 Å². The maximum Gasteiger partial charge on any atom is 0.411 e. The average molecular weight is 345 g/mol. The monoisotopic (exact) mass is 345 g/mol. The number of aryl methyl sites for hydroxylation is 1. The molecule has 0 fully saturated rings. The summed E-state index contributed by atoms with van der Waals surface area (Å²) in [5.74, 6) is -0.685. The van der Waals surface area contributed by atoms with Crippen molar-refractivity contribution < 1.29 is 22.7 Å². The first-order chi connectivity index (χ1) is 10.8. The highest BCUT2D eigenvalue weighted by molar-refractivity contribution is 7.19. The van der Waals surface area contributed by atoms with Gasteiger partial charge < -0.3 is 4.74 Å². The second kappa shape index (κ2) is 7.05. The predicted octanol–water partition coefficient (Wildman–Crippen LogP) is 3.42. The van der Waals surface area contributed by atoms with Crippen LogP contribution in [0, 0.1) is 6.92 Å². The number of anilines is 1. The van der Waals surface area contributed by atoms with E-state index >= 15 is 0 Å². The van der Waals surface area contributed by atoms with Gasteiger partial charge in [0.15, 0.2) is 5.13 Å². The van der Waals surface area contributed by atoms with Crippen LogP contribution in [0.1, 0.15) is 12.6 Å². The van der Waals surface area contributed by atoms with E-state index in [0.29, 0.717) is 11.4 Å². The van der Waals surface area contributed by atoms with Crippen molar-refractivity contribution in [2.75, 3.05) is 11.9 Å². The molecule has 2 aromatic rings. The maximum absolute atomic E-state index is 12.1. The van der Waals surface area contributed by atoms with Gasteiger partial charge in [-0.05, 0) is 26.0 Å². The van der Waals surface area contributed by atoms with Crippen LogP contribution in [0.4, 0.5) is 18.3 Å². The summed E-state index contributed by atoms with van der Waals surface area (Å²) in [6.45, 7) is 1.54. The predicted molar refractivity (Wildman–Crippen MR) is 80.2 cm³/mol. The lowest BCUT2D eigenvalue weighted by atomic mass is 10.3. The highest BCUT2D eigenvalue weighted by Gasteiger charge is 2.30. The fraction of sp³-hybridized carbons (Fsp3) is 0.357. The molecule has 2 rings (SSSR count). The zero-order chi connectivity index (χ0) is 17.0. The Bertz CT molecular complexity index is 674. The minimum absolute atomic E-state index is 0.288. The molecule has 2 heterocycles. The molecule has 23 heavy (non-hydrogen) atoms. The number of thiazole rings is 1. The van der Waals surface area contributed by atoms with E-state index in [9.17, 15) is 18.0 Å². The summed E-state index contributed by atoms with van der Waals surface area (Å²) in [4.78, 5) is 21.0. The first-order valence-corrected chi connectivity index (χ1v) is 7.46. The minimum atomic E-state index is -4.47. The molecule has 124 valence electrons. The Morgan fingerprint density at radius 3 is 2.78 bits per heavy atom. The quantitative estimate of drug-likeness (QED) is 0.902. The fourth-order valence-electron chi connectivity index (χ4n) is 1.69. The molecule has 0 bridgehead atoms. The Labute approximate surface area is 134 Å². The first-order valence-electron chi connectivity index (χ1n) is 6.64. The van der Waals surface area contributed by atoms with Crippen molar-refractivity contribution in [1.29, 1.82) is 0 Å². The van der Waals surface area contributed by atoms with Gasteiger partial charge in [-0.1, -0.05) is 17.4 Å². The third-order valence-electron chi connectivity index (χ3n) is 2.79. The van der Waals surface area contributed by atoms with Gasteiger partial charge in [-0.3, -0.25) is 15.1 Å². The molecular formula is C14H14F3N3O2S. The maximum atomic E-state index is 12.1. The summed E-state index contributed by atoms with van der Waals surface area (Å²) < 4.78 is 40.7. The molecule has 2 aromatic heterocycles. The summed E-state index contributed by atoms with van der Waals surface area (Å²) >= 11 is 1.20. The number of nitrogens with one attached hydrogen (secondary N) is 1. The third kappa shape index (κ3) is 5.00. The van der Waals surface area contributed by atoms with E-state index in [4.69, 9.17) is 0 Å². The Morgan fingerprint density at radius 2 is 2.17 bits per heavy atom.